The van der Waals surface area contributed by atoms with Crippen LogP contribution in [0.4, 0.5) is 11.4 Å². The van der Waals surface area contributed by atoms with Crippen LogP contribution in [-0.4, -0.2) is 20.9 Å². The second-order valence-electron chi connectivity index (χ2n) is 6.70. The summed E-state index contributed by atoms with van der Waals surface area (Å²) < 4.78 is 33.3. The first-order chi connectivity index (χ1) is 12.3. The summed E-state index contributed by atoms with van der Waals surface area (Å²) >= 11 is 0. The Kier molecular flexibility index (Phi) is 5.18. The van der Waals surface area contributed by atoms with Crippen molar-refractivity contribution in [2.45, 2.75) is 31.6 Å². The normalized spacial score (nSPS) is 13.9. The number of amides is 1. The van der Waals surface area contributed by atoms with Crippen LogP contribution in [0.25, 0.3) is 0 Å². The van der Waals surface area contributed by atoms with Crippen molar-refractivity contribution in [3.05, 3.63) is 48.0 Å². The monoisotopic (exact) mass is 374 g/mol. The Hall–Kier alpha value is -2.54. The van der Waals surface area contributed by atoms with Crippen molar-refractivity contribution in [2.24, 2.45) is 5.92 Å². The van der Waals surface area contributed by atoms with Crippen LogP contribution in [0.3, 0.4) is 0 Å². The molecule has 2 N–H and O–H groups in total. The molecule has 0 atom stereocenters. The predicted molar refractivity (Wildman–Crippen MR) is 101 cm³/mol. The summed E-state index contributed by atoms with van der Waals surface area (Å²) in [5.74, 6) is 1.02. The Morgan fingerprint density at radius 1 is 1.12 bits per heavy atom. The number of aryl methyl sites for hydroxylation is 1. The van der Waals surface area contributed by atoms with Gasteiger partial charge in [-0.25, -0.2) is 8.42 Å². The smallest absolute Gasteiger partial charge is 0.261 e. The van der Waals surface area contributed by atoms with Crippen LogP contribution in [0.2, 0.25) is 0 Å². The molecule has 0 radical (unpaired) electrons. The molecule has 0 spiro atoms. The SMILES string of the molecule is CC(C)COc1ccc(S(=O)(=O)Nc2ccc3c(c2)CCC(=O)N3)cc1. The summed E-state index contributed by atoms with van der Waals surface area (Å²) in [6.45, 7) is 4.68. The van der Waals surface area contributed by atoms with Crippen LogP contribution in [0.1, 0.15) is 25.8 Å². The Bertz CT molecular complexity index is 906. The maximum atomic E-state index is 12.6. The van der Waals surface area contributed by atoms with E-state index in [0.717, 1.165) is 11.3 Å². The number of anilines is 2. The summed E-state index contributed by atoms with van der Waals surface area (Å²) in [5, 5.41) is 2.78. The van der Waals surface area contributed by atoms with Gasteiger partial charge in [0.25, 0.3) is 10.0 Å². The van der Waals surface area contributed by atoms with E-state index in [1.165, 1.54) is 12.1 Å². The number of carbonyl (C=O) groups excluding carboxylic acids is 1. The number of rotatable bonds is 6. The fourth-order valence-electron chi connectivity index (χ4n) is 2.64. The number of sulfonamides is 1. The zero-order valence-corrected chi connectivity index (χ0v) is 15.6. The van der Waals surface area contributed by atoms with Crippen molar-refractivity contribution in [1.29, 1.82) is 0 Å². The molecule has 1 aliphatic heterocycles. The summed E-state index contributed by atoms with van der Waals surface area (Å²) in [5.41, 5.74) is 2.12. The highest BCUT2D eigenvalue weighted by molar-refractivity contribution is 7.92. The van der Waals surface area contributed by atoms with Gasteiger partial charge >= 0.3 is 0 Å². The van der Waals surface area contributed by atoms with Crippen molar-refractivity contribution in [2.75, 3.05) is 16.6 Å². The predicted octanol–water partition coefficient (Wildman–Crippen LogP) is 3.41. The highest BCUT2D eigenvalue weighted by Gasteiger charge is 2.18. The third-order valence-corrected chi connectivity index (χ3v) is 5.37. The molecule has 0 fully saturated rings. The van der Waals surface area contributed by atoms with E-state index in [0.29, 0.717) is 36.8 Å². The van der Waals surface area contributed by atoms with E-state index in [1.54, 1.807) is 30.3 Å². The first-order valence-corrected chi connectivity index (χ1v) is 10.0. The van der Waals surface area contributed by atoms with E-state index < -0.39 is 10.0 Å². The van der Waals surface area contributed by atoms with E-state index in [4.69, 9.17) is 4.74 Å². The molecule has 0 unspecified atom stereocenters. The molecule has 6 nitrogen and oxygen atoms in total. The van der Waals surface area contributed by atoms with Crippen molar-refractivity contribution in [1.82, 2.24) is 0 Å². The highest BCUT2D eigenvalue weighted by atomic mass is 32.2. The van der Waals surface area contributed by atoms with Gasteiger partial charge in [-0.15, -0.1) is 0 Å². The Morgan fingerprint density at radius 3 is 2.54 bits per heavy atom. The minimum absolute atomic E-state index is 0.0226. The molecule has 1 aliphatic rings. The molecule has 7 heteroatoms. The number of hydrogen-bond acceptors (Lipinski definition) is 4. The van der Waals surface area contributed by atoms with Gasteiger partial charge in [0.2, 0.25) is 5.91 Å². The topological polar surface area (TPSA) is 84.5 Å². The average Bonchev–Trinajstić information content (AvgIpc) is 2.60. The van der Waals surface area contributed by atoms with Gasteiger partial charge in [0.1, 0.15) is 5.75 Å². The molecule has 0 bridgehead atoms. The lowest BCUT2D eigenvalue weighted by atomic mass is 10.0. The molecule has 26 heavy (non-hydrogen) atoms. The molecule has 2 aromatic rings. The number of hydrogen-bond donors (Lipinski definition) is 2. The lowest BCUT2D eigenvalue weighted by Gasteiger charge is -2.18. The molecule has 1 heterocycles. The summed E-state index contributed by atoms with van der Waals surface area (Å²) in [6, 6.07) is 11.5. The summed E-state index contributed by atoms with van der Waals surface area (Å²) in [7, 11) is -3.69. The number of carbonyl (C=O) groups is 1. The first-order valence-electron chi connectivity index (χ1n) is 8.52. The average molecular weight is 374 g/mol. The van der Waals surface area contributed by atoms with Gasteiger partial charge < -0.3 is 10.1 Å². The number of benzene rings is 2. The molecular weight excluding hydrogens is 352 g/mol. The van der Waals surface area contributed by atoms with Crippen molar-refractivity contribution in [3.63, 3.8) is 0 Å². The minimum atomic E-state index is -3.69. The third-order valence-electron chi connectivity index (χ3n) is 3.97. The number of fused-ring (bicyclic) bond motifs is 1. The fraction of sp³-hybridized carbons (Fsp3) is 0.316. The van der Waals surface area contributed by atoms with Crippen LogP contribution < -0.4 is 14.8 Å². The molecule has 138 valence electrons. The zero-order chi connectivity index (χ0) is 18.7. The first kappa shape index (κ1) is 18.3. The lowest BCUT2D eigenvalue weighted by molar-refractivity contribution is -0.116. The quantitative estimate of drug-likeness (QED) is 0.811. The summed E-state index contributed by atoms with van der Waals surface area (Å²) in [4.78, 5) is 11.6. The van der Waals surface area contributed by atoms with E-state index in [9.17, 15) is 13.2 Å². The Balaban J connectivity index is 1.73. The van der Waals surface area contributed by atoms with Crippen molar-refractivity contribution < 1.29 is 17.9 Å². The minimum Gasteiger partial charge on any atom is -0.493 e. The second-order valence-corrected chi connectivity index (χ2v) is 8.38. The maximum Gasteiger partial charge on any atom is 0.261 e. The molecule has 1 amide bonds. The standard InChI is InChI=1S/C19H22N2O4S/c1-13(2)12-25-16-5-7-17(8-6-16)26(23,24)21-15-4-9-18-14(11-15)3-10-19(22)20-18/h4-9,11,13,21H,3,10,12H2,1-2H3,(H,20,22). The fourth-order valence-corrected chi connectivity index (χ4v) is 3.69. The maximum absolute atomic E-state index is 12.6. The van der Waals surface area contributed by atoms with Gasteiger partial charge in [-0.3, -0.25) is 9.52 Å². The molecule has 0 saturated heterocycles. The second kappa shape index (κ2) is 7.37. The molecule has 0 saturated carbocycles. The van der Waals surface area contributed by atoms with Crippen molar-refractivity contribution in [3.8, 4) is 5.75 Å². The van der Waals surface area contributed by atoms with Gasteiger partial charge in [-0.05, 0) is 60.4 Å². The van der Waals surface area contributed by atoms with Crippen LogP contribution in [0.5, 0.6) is 5.75 Å². The van der Waals surface area contributed by atoms with Crippen molar-refractivity contribution >= 4 is 27.3 Å². The van der Waals surface area contributed by atoms with Crippen LogP contribution >= 0.6 is 0 Å². The zero-order valence-electron chi connectivity index (χ0n) is 14.8. The summed E-state index contributed by atoms with van der Waals surface area (Å²) in [6.07, 6.45) is 1.000. The molecule has 0 aromatic heterocycles. The van der Waals surface area contributed by atoms with Gasteiger partial charge in [0.05, 0.1) is 11.5 Å². The Labute approximate surface area is 153 Å². The van der Waals surface area contributed by atoms with Crippen LogP contribution in [0, 0.1) is 5.92 Å². The van der Waals surface area contributed by atoms with Gasteiger partial charge in [-0.2, -0.15) is 0 Å². The van der Waals surface area contributed by atoms with Crippen LogP contribution in [-0.2, 0) is 21.2 Å². The van der Waals surface area contributed by atoms with Gasteiger partial charge in [0, 0.05) is 17.8 Å². The van der Waals surface area contributed by atoms with Gasteiger partial charge in [-0.1, -0.05) is 13.8 Å². The number of nitrogens with one attached hydrogen (secondary N) is 2. The number of ether oxygens (including phenoxy) is 1. The third kappa shape index (κ3) is 4.35. The Morgan fingerprint density at radius 2 is 1.85 bits per heavy atom. The van der Waals surface area contributed by atoms with E-state index in [1.807, 2.05) is 13.8 Å². The van der Waals surface area contributed by atoms with E-state index in [2.05, 4.69) is 10.0 Å². The molecule has 0 aliphatic carbocycles. The van der Waals surface area contributed by atoms with Crippen LogP contribution in [0.15, 0.2) is 47.4 Å². The van der Waals surface area contributed by atoms with E-state index >= 15 is 0 Å². The molecular formula is C19H22N2O4S. The van der Waals surface area contributed by atoms with E-state index in [-0.39, 0.29) is 10.8 Å². The lowest BCUT2D eigenvalue weighted by Crippen LogP contribution is -2.19. The highest BCUT2D eigenvalue weighted by Crippen LogP contribution is 2.27. The molecule has 2 aromatic carbocycles. The van der Waals surface area contributed by atoms with Gasteiger partial charge in [0.15, 0.2) is 0 Å². The molecule has 3 rings (SSSR count). The largest absolute Gasteiger partial charge is 0.493 e.